The lowest BCUT2D eigenvalue weighted by Gasteiger charge is -2.31. The highest BCUT2D eigenvalue weighted by Gasteiger charge is 2.31. The molecule has 8 nitrogen and oxygen atoms in total. The second-order valence-electron chi connectivity index (χ2n) is 17.3. The van der Waals surface area contributed by atoms with Crippen LogP contribution in [0.5, 0.6) is 0 Å². The third-order valence-corrected chi connectivity index (χ3v) is 10.4. The number of hydrogen-bond donors (Lipinski definition) is 1. The third-order valence-electron chi connectivity index (χ3n) is 10.4. The van der Waals surface area contributed by atoms with Crippen LogP contribution in [0.1, 0.15) is 168 Å². The first kappa shape index (κ1) is 60.7. The smallest absolute Gasteiger partial charge is 0.362 e. The summed E-state index contributed by atoms with van der Waals surface area (Å²) >= 11 is 0. The van der Waals surface area contributed by atoms with Gasteiger partial charge in [-0.05, 0) is 103 Å². The predicted octanol–water partition coefficient (Wildman–Crippen LogP) is 14.6. The number of allylic oxidation sites excluding steroid dienone is 20. The summed E-state index contributed by atoms with van der Waals surface area (Å²) in [4.78, 5) is 37.2. The van der Waals surface area contributed by atoms with Crippen LogP contribution >= 0.6 is 0 Å². The lowest BCUT2D eigenvalue weighted by Crippen LogP contribution is -2.50. The molecule has 0 spiro atoms. The lowest BCUT2D eigenvalue weighted by atomic mass is 10.1. The highest BCUT2D eigenvalue weighted by molar-refractivity contribution is 5.72. The zero-order valence-corrected chi connectivity index (χ0v) is 41.6. The SMILES string of the molecule is CC/C=C/C/C=C/C/C=C/C/C=C/C/C=C/CCCCCCCCC(=O)OC(COCCC(C(=O)O)[N+](C)(C)C)COC(=O)CCCCC/C=C/C/C=C/C/C=C/C/C=C/C/C=C/CC. The van der Waals surface area contributed by atoms with Crippen molar-refractivity contribution in [1.82, 2.24) is 0 Å². The Morgan fingerprint density at radius 2 is 0.815 bits per heavy atom. The van der Waals surface area contributed by atoms with E-state index < -0.39 is 18.1 Å². The van der Waals surface area contributed by atoms with Gasteiger partial charge in [-0.25, -0.2) is 4.79 Å². The molecule has 0 bridgehead atoms. The number of carboxylic acid groups (broad SMARTS) is 1. The Labute approximate surface area is 397 Å². The monoisotopic (exact) mass is 903 g/mol. The van der Waals surface area contributed by atoms with Crippen molar-refractivity contribution in [2.75, 3.05) is 41.0 Å². The molecule has 65 heavy (non-hydrogen) atoms. The van der Waals surface area contributed by atoms with Gasteiger partial charge in [-0.1, -0.05) is 167 Å². The number of quaternary nitrogens is 1. The van der Waals surface area contributed by atoms with Gasteiger partial charge in [-0.2, -0.15) is 0 Å². The summed E-state index contributed by atoms with van der Waals surface area (Å²) in [5, 5.41) is 9.65. The van der Waals surface area contributed by atoms with Gasteiger partial charge in [-0.15, -0.1) is 0 Å². The fourth-order valence-electron chi connectivity index (χ4n) is 6.55. The molecule has 0 aromatic heterocycles. The normalized spacial score (nSPS) is 13.9. The number of hydrogen-bond acceptors (Lipinski definition) is 6. The molecule has 2 unspecified atom stereocenters. The molecule has 0 aliphatic carbocycles. The quantitative estimate of drug-likeness (QED) is 0.0282. The van der Waals surface area contributed by atoms with E-state index in [9.17, 15) is 19.5 Å². The van der Waals surface area contributed by atoms with Crippen LogP contribution in [-0.4, -0.2) is 80.6 Å². The van der Waals surface area contributed by atoms with Crippen molar-refractivity contribution in [3.63, 3.8) is 0 Å². The third kappa shape index (κ3) is 44.7. The molecule has 0 radical (unpaired) electrons. The van der Waals surface area contributed by atoms with Gasteiger partial charge in [0, 0.05) is 19.3 Å². The summed E-state index contributed by atoms with van der Waals surface area (Å²) in [5.41, 5.74) is 0. The molecule has 2 atom stereocenters. The number of unbranched alkanes of at least 4 members (excludes halogenated alkanes) is 9. The number of rotatable bonds is 43. The Balaban J connectivity index is 4.39. The second kappa shape index (κ2) is 46.3. The number of ether oxygens (including phenoxy) is 3. The number of likely N-dealkylation sites (N-methyl/N-ethyl adjacent to an activating group) is 1. The lowest BCUT2D eigenvalue weighted by molar-refractivity contribution is -0.887. The maximum Gasteiger partial charge on any atom is 0.362 e. The van der Waals surface area contributed by atoms with E-state index in [1.165, 1.54) is 12.8 Å². The summed E-state index contributed by atoms with van der Waals surface area (Å²) in [6.45, 7) is 4.44. The average molecular weight is 903 g/mol. The molecular formula is C57H92NO7+. The van der Waals surface area contributed by atoms with Gasteiger partial charge in [0.1, 0.15) is 6.61 Å². The molecular weight excluding hydrogens is 811 g/mol. The summed E-state index contributed by atoms with van der Waals surface area (Å²) in [5.74, 6) is -1.54. The first-order chi connectivity index (χ1) is 31.6. The topological polar surface area (TPSA) is 99.1 Å². The van der Waals surface area contributed by atoms with Gasteiger partial charge in [0.05, 0.1) is 34.4 Å². The van der Waals surface area contributed by atoms with Crippen molar-refractivity contribution in [1.29, 1.82) is 0 Å². The van der Waals surface area contributed by atoms with Crippen LogP contribution in [0.4, 0.5) is 0 Å². The molecule has 0 saturated carbocycles. The van der Waals surface area contributed by atoms with Crippen molar-refractivity contribution in [2.24, 2.45) is 0 Å². The van der Waals surface area contributed by atoms with Crippen molar-refractivity contribution < 1.29 is 38.2 Å². The van der Waals surface area contributed by atoms with Gasteiger partial charge in [0.15, 0.2) is 12.1 Å². The van der Waals surface area contributed by atoms with Crippen LogP contribution in [0.3, 0.4) is 0 Å². The standard InChI is InChI=1S/C57H91NO7/c1-6-8-10-12-14-16-18-20-22-24-26-27-28-30-32-34-36-38-40-42-44-46-48-56(60)65-53(51-63-50-49-54(57(61)62)58(3,4)5)52-64-55(59)47-45-43-41-39-37-35-33-31-29-25-23-21-19-17-15-13-11-9-7-2/h8-11,14-17,20-23,26-27,29-32,35,37,53-54H,6-7,12-13,18-19,24-25,28,33-34,36,38-52H2,1-5H3/p+1/b10-8+,11-9+,16-14+,17-15+,22-20+,23-21+,27-26+,31-29+,32-30+,37-35+. The van der Waals surface area contributed by atoms with Gasteiger partial charge >= 0.3 is 17.9 Å². The number of esters is 2. The van der Waals surface area contributed by atoms with Gasteiger partial charge in [0.25, 0.3) is 0 Å². The van der Waals surface area contributed by atoms with E-state index in [2.05, 4.69) is 135 Å². The predicted molar refractivity (Wildman–Crippen MR) is 275 cm³/mol. The first-order valence-corrected chi connectivity index (χ1v) is 25.1. The Morgan fingerprint density at radius 3 is 1.22 bits per heavy atom. The number of aliphatic carboxylic acids is 1. The van der Waals surface area contributed by atoms with E-state index in [0.717, 1.165) is 122 Å². The molecule has 0 aliphatic heterocycles. The van der Waals surface area contributed by atoms with E-state index in [4.69, 9.17) is 14.2 Å². The minimum atomic E-state index is -0.888. The molecule has 0 saturated heterocycles. The van der Waals surface area contributed by atoms with E-state index in [0.29, 0.717) is 19.3 Å². The van der Waals surface area contributed by atoms with Crippen LogP contribution in [0.25, 0.3) is 0 Å². The highest BCUT2D eigenvalue weighted by Crippen LogP contribution is 2.13. The van der Waals surface area contributed by atoms with Crippen LogP contribution in [-0.2, 0) is 28.6 Å². The minimum absolute atomic E-state index is 0.0354. The zero-order chi connectivity index (χ0) is 47.7. The maximum atomic E-state index is 12.8. The number of nitrogens with zero attached hydrogens (tertiary/aromatic N) is 1. The number of carbonyl (C=O) groups is 3. The molecule has 0 rings (SSSR count). The van der Waals surface area contributed by atoms with Crippen LogP contribution in [0.2, 0.25) is 0 Å². The van der Waals surface area contributed by atoms with Crippen LogP contribution < -0.4 is 0 Å². The van der Waals surface area contributed by atoms with E-state index in [-0.39, 0.29) is 36.2 Å². The summed E-state index contributed by atoms with van der Waals surface area (Å²) in [6, 6.07) is -0.632. The number of carboxylic acids is 1. The summed E-state index contributed by atoms with van der Waals surface area (Å²) in [6.07, 6.45) is 65.3. The second-order valence-corrected chi connectivity index (χ2v) is 17.3. The fraction of sp³-hybridized carbons (Fsp3) is 0.596. The molecule has 0 aliphatic rings. The molecule has 8 heteroatoms. The molecule has 0 fully saturated rings. The van der Waals surface area contributed by atoms with Crippen molar-refractivity contribution >= 4 is 17.9 Å². The van der Waals surface area contributed by atoms with Crippen molar-refractivity contribution in [3.05, 3.63) is 122 Å². The largest absolute Gasteiger partial charge is 0.477 e. The molecule has 0 aromatic rings. The highest BCUT2D eigenvalue weighted by atomic mass is 16.6. The molecule has 1 N–H and O–H groups in total. The summed E-state index contributed by atoms with van der Waals surface area (Å²) in [7, 11) is 5.50. The Morgan fingerprint density at radius 1 is 0.462 bits per heavy atom. The molecule has 0 amide bonds. The molecule has 366 valence electrons. The fourth-order valence-corrected chi connectivity index (χ4v) is 6.55. The average Bonchev–Trinajstić information content (AvgIpc) is 3.27. The van der Waals surface area contributed by atoms with E-state index in [1.807, 2.05) is 21.1 Å². The molecule has 0 aromatic carbocycles. The first-order valence-electron chi connectivity index (χ1n) is 25.1. The van der Waals surface area contributed by atoms with Crippen molar-refractivity contribution in [2.45, 2.75) is 180 Å². The van der Waals surface area contributed by atoms with Gasteiger partial charge < -0.3 is 23.8 Å². The number of carbonyl (C=O) groups excluding carboxylic acids is 2. The molecule has 0 heterocycles. The van der Waals surface area contributed by atoms with Crippen LogP contribution in [0.15, 0.2) is 122 Å². The van der Waals surface area contributed by atoms with Crippen LogP contribution in [0, 0.1) is 0 Å². The van der Waals surface area contributed by atoms with Gasteiger partial charge in [-0.3, -0.25) is 9.59 Å². The maximum absolute atomic E-state index is 12.8. The van der Waals surface area contributed by atoms with Crippen molar-refractivity contribution in [3.8, 4) is 0 Å². The summed E-state index contributed by atoms with van der Waals surface area (Å²) < 4.78 is 17.3. The Kier molecular flexibility index (Phi) is 43.2. The van der Waals surface area contributed by atoms with E-state index in [1.54, 1.807) is 0 Å². The minimum Gasteiger partial charge on any atom is -0.477 e. The van der Waals surface area contributed by atoms with Gasteiger partial charge in [0.2, 0.25) is 0 Å². The Bertz CT molecular complexity index is 1470. The zero-order valence-electron chi connectivity index (χ0n) is 41.6. The van der Waals surface area contributed by atoms with E-state index >= 15 is 0 Å². The Hall–Kier alpha value is -4.27.